The van der Waals surface area contributed by atoms with Gasteiger partial charge in [-0.1, -0.05) is 23.7 Å². The highest BCUT2D eigenvalue weighted by Gasteiger charge is 2.35. The van der Waals surface area contributed by atoms with Gasteiger partial charge >= 0.3 is 0 Å². The molecule has 0 spiro atoms. The maximum absolute atomic E-state index is 13.7. The summed E-state index contributed by atoms with van der Waals surface area (Å²) >= 11 is 5.95. The molecule has 4 nitrogen and oxygen atoms in total. The molecular formula is C19H18ClFN2O2. The Morgan fingerprint density at radius 2 is 2.08 bits per heavy atom. The van der Waals surface area contributed by atoms with Crippen LogP contribution in [0.25, 0.3) is 0 Å². The monoisotopic (exact) mass is 360 g/mol. The van der Waals surface area contributed by atoms with Crippen molar-refractivity contribution in [3.05, 3.63) is 64.4 Å². The molecule has 2 aromatic rings. The molecule has 3 rings (SSSR count). The topological polar surface area (TPSA) is 58.2 Å². The summed E-state index contributed by atoms with van der Waals surface area (Å²) in [6.45, 7) is 1.83. The van der Waals surface area contributed by atoms with E-state index in [1.807, 2.05) is 6.92 Å². The third-order valence-electron chi connectivity index (χ3n) is 4.41. The lowest BCUT2D eigenvalue weighted by Gasteiger charge is -2.32. The Hall–Kier alpha value is -2.40. The van der Waals surface area contributed by atoms with Crippen LogP contribution in [0.5, 0.6) is 0 Å². The second kappa shape index (κ2) is 7.23. The highest BCUT2D eigenvalue weighted by molar-refractivity contribution is 6.30. The van der Waals surface area contributed by atoms with Crippen LogP contribution >= 0.6 is 11.6 Å². The molecule has 2 aromatic carbocycles. The normalized spacial score (nSPS) is 20.0. The first-order chi connectivity index (χ1) is 11.9. The van der Waals surface area contributed by atoms with Crippen LogP contribution in [0, 0.1) is 18.7 Å². The molecule has 0 radical (unpaired) electrons. The van der Waals surface area contributed by atoms with Gasteiger partial charge in [0.15, 0.2) is 0 Å². The Bertz CT molecular complexity index is 825. The van der Waals surface area contributed by atoms with E-state index in [1.165, 1.54) is 12.1 Å². The zero-order valence-electron chi connectivity index (χ0n) is 13.7. The number of aryl methyl sites for hydroxylation is 1. The molecule has 0 saturated carbocycles. The van der Waals surface area contributed by atoms with E-state index in [2.05, 4.69) is 10.6 Å². The number of hydrogen-bond donors (Lipinski definition) is 2. The summed E-state index contributed by atoms with van der Waals surface area (Å²) in [7, 11) is 0. The summed E-state index contributed by atoms with van der Waals surface area (Å²) < 4.78 is 13.7. The molecule has 2 amide bonds. The minimum absolute atomic E-state index is 0.138. The Morgan fingerprint density at radius 1 is 1.28 bits per heavy atom. The molecule has 2 N–H and O–H groups in total. The molecule has 1 aliphatic rings. The van der Waals surface area contributed by atoms with Crippen molar-refractivity contribution in [2.24, 2.45) is 5.92 Å². The van der Waals surface area contributed by atoms with Gasteiger partial charge in [-0.05, 0) is 54.8 Å². The van der Waals surface area contributed by atoms with Crippen molar-refractivity contribution in [1.29, 1.82) is 0 Å². The minimum Gasteiger partial charge on any atom is -0.348 e. The molecule has 1 saturated heterocycles. The predicted octanol–water partition coefficient (Wildman–Crippen LogP) is 3.99. The Morgan fingerprint density at radius 3 is 2.84 bits per heavy atom. The fourth-order valence-corrected chi connectivity index (χ4v) is 3.31. The molecule has 130 valence electrons. The standard InChI is InChI=1S/C19H18ClFN2O2/c1-11-5-6-13(21)10-16(11)18-15(7-8-17(24)23-18)19(25)22-14-4-2-3-12(20)9-14/h2-6,9-10,15,18H,7-8H2,1H3,(H,22,25)(H,23,24)/t15?,18-/m0/s1. The average Bonchev–Trinajstić information content (AvgIpc) is 2.57. The van der Waals surface area contributed by atoms with Crippen LogP contribution in [0.15, 0.2) is 42.5 Å². The Kier molecular flexibility index (Phi) is 5.04. The van der Waals surface area contributed by atoms with E-state index in [-0.39, 0.29) is 18.2 Å². The van der Waals surface area contributed by atoms with Crippen LogP contribution in [0.1, 0.15) is 30.0 Å². The Labute approximate surface area is 150 Å². The van der Waals surface area contributed by atoms with E-state index in [0.717, 1.165) is 5.56 Å². The van der Waals surface area contributed by atoms with E-state index in [4.69, 9.17) is 11.6 Å². The number of rotatable bonds is 3. The van der Waals surface area contributed by atoms with Crippen molar-refractivity contribution in [1.82, 2.24) is 5.32 Å². The van der Waals surface area contributed by atoms with Crippen molar-refractivity contribution in [2.75, 3.05) is 5.32 Å². The zero-order valence-corrected chi connectivity index (χ0v) is 14.4. The van der Waals surface area contributed by atoms with Crippen LogP contribution in [0.2, 0.25) is 5.02 Å². The molecule has 1 unspecified atom stereocenters. The number of amides is 2. The maximum Gasteiger partial charge on any atom is 0.229 e. The van der Waals surface area contributed by atoms with Crippen molar-refractivity contribution >= 4 is 29.1 Å². The summed E-state index contributed by atoms with van der Waals surface area (Å²) in [6, 6.07) is 10.7. The number of hydrogen-bond acceptors (Lipinski definition) is 2. The van der Waals surface area contributed by atoms with Gasteiger partial charge in [-0.3, -0.25) is 9.59 Å². The fourth-order valence-electron chi connectivity index (χ4n) is 3.12. The van der Waals surface area contributed by atoms with E-state index < -0.39 is 17.8 Å². The molecule has 1 heterocycles. The predicted molar refractivity (Wildman–Crippen MR) is 94.8 cm³/mol. The second-order valence-electron chi connectivity index (χ2n) is 6.19. The van der Waals surface area contributed by atoms with Crippen molar-refractivity contribution < 1.29 is 14.0 Å². The molecule has 1 aliphatic heterocycles. The van der Waals surface area contributed by atoms with Gasteiger partial charge in [-0.2, -0.15) is 0 Å². The summed E-state index contributed by atoms with van der Waals surface area (Å²) in [4.78, 5) is 24.6. The van der Waals surface area contributed by atoms with Gasteiger partial charge in [0.1, 0.15) is 5.82 Å². The number of carbonyl (C=O) groups is 2. The van der Waals surface area contributed by atoms with E-state index >= 15 is 0 Å². The van der Waals surface area contributed by atoms with Gasteiger partial charge < -0.3 is 10.6 Å². The van der Waals surface area contributed by atoms with Gasteiger partial charge in [0.05, 0.1) is 12.0 Å². The largest absolute Gasteiger partial charge is 0.348 e. The van der Waals surface area contributed by atoms with Crippen LogP contribution in [-0.4, -0.2) is 11.8 Å². The molecule has 0 aromatic heterocycles. The van der Waals surface area contributed by atoms with Crippen LogP contribution in [0.3, 0.4) is 0 Å². The third-order valence-corrected chi connectivity index (χ3v) is 4.64. The molecule has 0 aliphatic carbocycles. The highest BCUT2D eigenvalue weighted by Crippen LogP contribution is 2.33. The average molecular weight is 361 g/mol. The second-order valence-corrected chi connectivity index (χ2v) is 6.63. The molecular weight excluding hydrogens is 343 g/mol. The quantitative estimate of drug-likeness (QED) is 0.869. The van der Waals surface area contributed by atoms with Gasteiger partial charge in [0.2, 0.25) is 11.8 Å². The number of nitrogens with one attached hydrogen (secondary N) is 2. The third kappa shape index (κ3) is 3.99. The van der Waals surface area contributed by atoms with E-state index in [9.17, 15) is 14.0 Å². The number of halogens is 2. The lowest BCUT2D eigenvalue weighted by atomic mass is 9.83. The summed E-state index contributed by atoms with van der Waals surface area (Å²) in [5.74, 6) is -1.25. The van der Waals surface area contributed by atoms with Crippen LogP contribution in [0.4, 0.5) is 10.1 Å². The lowest BCUT2D eigenvalue weighted by Crippen LogP contribution is -2.43. The molecule has 1 fully saturated rings. The maximum atomic E-state index is 13.7. The Balaban J connectivity index is 1.88. The van der Waals surface area contributed by atoms with Crippen LogP contribution < -0.4 is 10.6 Å². The molecule has 0 bridgehead atoms. The molecule has 6 heteroatoms. The smallest absolute Gasteiger partial charge is 0.229 e. The first kappa shape index (κ1) is 17.4. The van der Waals surface area contributed by atoms with E-state index in [1.54, 1.807) is 30.3 Å². The molecule has 2 atom stereocenters. The van der Waals surface area contributed by atoms with Gasteiger partial charge in [-0.25, -0.2) is 4.39 Å². The number of benzene rings is 2. The number of carbonyl (C=O) groups excluding carboxylic acids is 2. The fraction of sp³-hybridized carbons (Fsp3) is 0.263. The number of anilines is 1. The van der Waals surface area contributed by atoms with Gasteiger partial charge in [0, 0.05) is 17.1 Å². The van der Waals surface area contributed by atoms with E-state index in [0.29, 0.717) is 22.7 Å². The van der Waals surface area contributed by atoms with Gasteiger partial charge in [-0.15, -0.1) is 0 Å². The lowest BCUT2D eigenvalue weighted by molar-refractivity contribution is -0.128. The van der Waals surface area contributed by atoms with Gasteiger partial charge in [0.25, 0.3) is 0 Å². The summed E-state index contributed by atoms with van der Waals surface area (Å²) in [6.07, 6.45) is 0.664. The molecule has 25 heavy (non-hydrogen) atoms. The SMILES string of the molecule is Cc1ccc(F)cc1[C@H]1NC(=O)CCC1C(=O)Nc1cccc(Cl)c1. The summed E-state index contributed by atoms with van der Waals surface area (Å²) in [5, 5.41) is 6.19. The first-order valence-corrected chi connectivity index (χ1v) is 8.43. The summed E-state index contributed by atoms with van der Waals surface area (Å²) in [5.41, 5.74) is 2.04. The van der Waals surface area contributed by atoms with Crippen molar-refractivity contribution in [2.45, 2.75) is 25.8 Å². The van der Waals surface area contributed by atoms with Crippen LogP contribution in [-0.2, 0) is 9.59 Å². The zero-order chi connectivity index (χ0) is 18.0. The first-order valence-electron chi connectivity index (χ1n) is 8.06. The highest BCUT2D eigenvalue weighted by atomic mass is 35.5. The van der Waals surface area contributed by atoms with Crippen molar-refractivity contribution in [3.63, 3.8) is 0 Å². The number of piperidine rings is 1. The minimum atomic E-state index is -0.559. The van der Waals surface area contributed by atoms with Crippen molar-refractivity contribution in [3.8, 4) is 0 Å².